The van der Waals surface area contributed by atoms with Crippen molar-refractivity contribution in [2.75, 3.05) is 0 Å². The molecule has 92 valence electrons. The molecule has 4 atom stereocenters. The van der Waals surface area contributed by atoms with Gasteiger partial charge in [0, 0.05) is 0 Å². The van der Waals surface area contributed by atoms with E-state index in [4.69, 9.17) is 4.74 Å². The van der Waals surface area contributed by atoms with Crippen molar-refractivity contribution >= 4 is 5.97 Å². The van der Waals surface area contributed by atoms with Crippen molar-refractivity contribution in [2.24, 2.45) is 0 Å². The molecule has 0 aromatic carbocycles. The van der Waals surface area contributed by atoms with Crippen molar-refractivity contribution < 1.29 is 16.0 Å². The molecule has 0 N–H and O–H groups in total. The molecule has 10 fully saturated rings. The Kier molecular flexibility index (Phi) is 0.193. The zero-order valence-corrected chi connectivity index (χ0v) is 10.9. The van der Waals surface area contributed by atoms with E-state index in [1.165, 1.54) is 33.7 Å². The number of rotatable bonds is 3. The van der Waals surface area contributed by atoms with Crippen LogP contribution in [0, 0.1) is 0 Å². The molecule has 1 spiro atoms. The molecule has 0 amide bonds. The van der Waals surface area contributed by atoms with Crippen molar-refractivity contribution in [3.63, 3.8) is 0 Å². The van der Waals surface area contributed by atoms with Crippen LogP contribution < -0.4 is 0 Å². The van der Waals surface area contributed by atoms with E-state index >= 15 is 0 Å². The van der Waals surface area contributed by atoms with Crippen LogP contribution in [0.15, 0.2) is 0 Å². The molecule has 0 saturated carbocycles. The first-order valence-electron chi connectivity index (χ1n) is 7.43. The Morgan fingerprint density at radius 1 is 1.06 bits per heavy atom. The van der Waals surface area contributed by atoms with Crippen LogP contribution in [0.5, 0.6) is 0 Å². The fourth-order valence-corrected chi connectivity index (χ4v) is 88.9. The fraction of sp³-hybridized carbons (Fsp3) is 0.929. The third-order valence-electron chi connectivity index (χ3n) is 15.3. The van der Waals surface area contributed by atoms with Gasteiger partial charge in [0.05, 0.1) is 0 Å². The molecule has 4 unspecified atom stereocenters. The predicted octanol–water partition coefficient (Wildman–Crippen LogP) is 3.63. The third-order valence-corrected chi connectivity index (χ3v) is 57.1. The van der Waals surface area contributed by atoms with Crippen molar-refractivity contribution in [2.45, 2.75) is 67.6 Å². The third kappa shape index (κ3) is 0.0641. The van der Waals surface area contributed by atoms with E-state index in [1.54, 1.807) is 0 Å². The molecule has 3 heteroatoms. The summed E-state index contributed by atoms with van der Waals surface area (Å²) in [6.07, 6.45) is 1.64. The van der Waals surface area contributed by atoms with Crippen LogP contribution in [0.2, 0.25) is 43.3 Å². The van der Waals surface area contributed by atoms with Crippen LogP contribution in [-0.4, -0.2) is 10.5 Å². The van der Waals surface area contributed by atoms with Crippen LogP contribution in [-0.2, 0) is 16.0 Å². The maximum atomic E-state index is 12.1. The fourth-order valence-electron chi connectivity index (χ4n) is 16.7. The average molecular weight is 272 g/mol. The maximum absolute atomic E-state index is 12.1. The Morgan fingerprint density at radius 2 is 1.59 bits per heavy atom. The average Bonchev–Trinajstić information content (AvgIpc) is 3.24. The summed E-state index contributed by atoms with van der Waals surface area (Å²) in [4.78, 5) is 23.2. The van der Waals surface area contributed by atoms with Gasteiger partial charge < -0.3 is 0 Å². The van der Waals surface area contributed by atoms with Gasteiger partial charge in [-0.2, -0.15) is 0 Å². The van der Waals surface area contributed by atoms with Crippen LogP contribution in [0.25, 0.3) is 0 Å². The van der Waals surface area contributed by atoms with Gasteiger partial charge in [0.2, 0.25) is 0 Å². The normalized spacial score (nSPS) is 119. The van der Waals surface area contributed by atoms with E-state index in [9.17, 15) is 4.79 Å². The SMILES string of the molecule is CCCC(=O)O[C]12[CH]3[CH]4[CH]5[CH]1[Fe]45321678[CH]2[CH]1[CH]6[CH]7[CH]28. The molecule has 0 aromatic heterocycles. The number of hydrogen-bond donors (Lipinski definition) is 0. The summed E-state index contributed by atoms with van der Waals surface area (Å²) in [5, 5.41) is 0. The Labute approximate surface area is 89.7 Å². The van der Waals surface area contributed by atoms with Gasteiger partial charge in [-0.3, -0.25) is 0 Å². The van der Waals surface area contributed by atoms with Crippen LogP contribution in [0.3, 0.4) is 0 Å². The summed E-state index contributed by atoms with van der Waals surface area (Å²) in [6, 6.07) is 0. The summed E-state index contributed by atoms with van der Waals surface area (Å²) >= 11 is 0. The molecule has 10 rings (SSSR count). The van der Waals surface area contributed by atoms with Gasteiger partial charge in [0.1, 0.15) is 0 Å². The number of carbonyl (C=O) groups excluding carboxylic acids is 1. The number of ether oxygens (including phenoxy) is 1. The van der Waals surface area contributed by atoms with Gasteiger partial charge in [-0.15, -0.1) is 0 Å². The zero-order chi connectivity index (χ0) is 10.7. The minimum absolute atomic E-state index is 0.181. The molecule has 17 heavy (non-hydrogen) atoms. The second-order valence-corrected chi connectivity index (χ2v) is 34.3. The van der Waals surface area contributed by atoms with Gasteiger partial charge in [-0.25, -0.2) is 0 Å². The van der Waals surface area contributed by atoms with Gasteiger partial charge in [-0.05, 0) is 0 Å². The summed E-state index contributed by atoms with van der Waals surface area (Å²) in [6.45, 7) is -0.990. The Bertz CT molecular complexity index is 895. The molecule has 2 nitrogen and oxygen atoms in total. The van der Waals surface area contributed by atoms with E-state index < -0.39 is 6.51 Å². The first-order valence-corrected chi connectivity index (χ1v) is 13.7. The first-order chi connectivity index (χ1) is 8.00. The van der Waals surface area contributed by atoms with E-state index in [1.807, 2.05) is 0 Å². The predicted molar refractivity (Wildman–Crippen MR) is 57.5 cm³/mol. The summed E-state index contributed by atoms with van der Waals surface area (Å²) in [5.41, 5.74) is 0. The molecule has 0 bridgehead atoms. The standard InChI is InChI=1S/C9H11O2.C5H5.Fe/c1-2-5-9(10)11-8-6-3-4-7-8;1-2-4-5-3-1;/h3-4,6-7H,2,5H2,1H3;1-5H;. The van der Waals surface area contributed by atoms with Crippen molar-refractivity contribution in [1.82, 2.24) is 0 Å². The summed E-state index contributed by atoms with van der Waals surface area (Å²) in [5.74, 6) is 0.181. The van der Waals surface area contributed by atoms with Crippen molar-refractivity contribution in [3.05, 3.63) is 0 Å². The zero-order valence-electron chi connectivity index (χ0n) is 9.78. The Hall–Kier alpha value is -0.0105. The molecule has 10 aliphatic heterocycles. The van der Waals surface area contributed by atoms with Gasteiger partial charge >= 0.3 is 89.6 Å². The van der Waals surface area contributed by atoms with E-state index in [-0.39, 0.29) is 5.97 Å². The Morgan fingerprint density at radius 3 is 1.88 bits per heavy atom. The second kappa shape index (κ2) is 0.509. The second-order valence-electron chi connectivity index (χ2n) is 10.8. The van der Waals surface area contributed by atoms with E-state index in [0.29, 0.717) is 10.9 Å². The molecule has 0 radical (unpaired) electrons. The number of esters is 1. The summed E-state index contributed by atoms with van der Waals surface area (Å²) < 4.78 is 6.69. The molecule has 10 saturated heterocycles. The molecule has 0 aliphatic carbocycles. The van der Waals surface area contributed by atoms with Crippen LogP contribution in [0.4, 0.5) is 0 Å². The quantitative estimate of drug-likeness (QED) is 0.579. The topological polar surface area (TPSA) is 26.3 Å². The number of carbonyl (C=O) groups is 1. The summed E-state index contributed by atoms with van der Waals surface area (Å²) in [7, 11) is 0. The van der Waals surface area contributed by atoms with Crippen LogP contribution in [0.1, 0.15) is 19.8 Å². The first kappa shape index (κ1) is 6.43. The monoisotopic (exact) mass is 272 g/mol. The molecule has 0 aromatic rings. The minimum atomic E-state index is -3.09. The van der Waals surface area contributed by atoms with Crippen molar-refractivity contribution in [3.8, 4) is 0 Å². The molecule has 10 heterocycles. The Balaban J connectivity index is 1.44. The van der Waals surface area contributed by atoms with Gasteiger partial charge in [-0.1, -0.05) is 0 Å². The number of hydrogen-bond acceptors (Lipinski definition) is 2. The van der Waals surface area contributed by atoms with Gasteiger partial charge in [0.15, 0.2) is 0 Å². The molecule has 10 aliphatic rings. The van der Waals surface area contributed by atoms with Crippen LogP contribution >= 0.6 is 0 Å². The molecular weight excluding hydrogens is 256 g/mol. The van der Waals surface area contributed by atoms with E-state index in [0.717, 1.165) is 16.1 Å². The van der Waals surface area contributed by atoms with E-state index in [2.05, 4.69) is 6.92 Å². The number of fused-ring (bicyclic) bond motifs is 10. The van der Waals surface area contributed by atoms with Crippen molar-refractivity contribution in [1.29, 1.82) is 0 Å². The van der Waals surface area contributed by atoms with Gasteiger partial charge in [0.25, 0.3) is 0 Å². The molecular formula is C14H16FeO2.